The second kappa shape index (κ2) is 14.8. The highest BCUT2D eigenvalue weighted by Crippen LogP contribution is 2.27. The molecule has 0 unspecified atom stereocenters. The number of nitrogens with zero attached hydrogens (tertiary/aromatic N) is 2. The summed E-state index contributed by atoms with van der Waals surface area (Å²) in [4.78, 5) is 29.7. The third-order valence-corrected chi connectivity index (χ3v) is 9.47. The summed E-state index contributed by atoms with van der Waals surface area (Å²) < 4.78 is 29.3. The lowest BCUT2D eigenvalue weighted by molar-refractivity contribution is -0.140. The van der Waals surface area contributed by atoms with Crippen LogP contribution in [0.4, 0.5) is 5.69 Å². The molecule has 0 aromatic heterocycles. The molecule has 0 fully saturated rings. The quantitative estimate of drug-likeness (QED) is 0.198. The first-order chi connectivity index (χ1) is 21.1. The van der Waals surface area contributed by atoms with Crippen LogP contribution < -0.4 is 9.62 Å². The van der Waals surface area contributed by atoms with Gasteiger partial charge in [-0.3, -0.25) is 13.9 Å². The molecule has 1 atom stereocenters. The molecule has 0 aliphatic heterocycles. The van der Waals surface area contributed by atoms with Crippen molar-refractivity contribution in [2.75, 3.05) is 17.4 Å². The molecule has 0 spiro atoms. The van der Waals surface area contributed by atoms with Gasteiger partial charge in [0.15, 0.2) is 0 Å². The van der Waals surface area contributed by atoms with E-state index >= 15 is 0 Å². The topological polar surface area (TPSA) is 86.8 Å². The third-order valence-electron chi connectivity index (χ3n) is 7.68. The standard InChI is InChI=1S/C36H41N3O4S/c1-5-37-36(41)34(24-29-15-8-6-9-16-29)38(25-31-17-13-12-14-28(31)4)35(40)26-39(32-22-20-30(21-23-32)27(2)3)44(42,43)33-18-10-7-11-19-33/h6-23,27,34H,5,24-26H2,1-4H3,(H,37,41)/t34-/m1/s1. The summed E-state index contributed by atoms with van der Waals surface area (Å²) in [5, 5.41) is 2.89. The zero-order chi connectivity index (χ0) is 31.7. The fraction of sp³-hybridized carbons (Fsp3) is 0.278. The number of anilines is 1. The molecule has 0 aliphatic rings. The third kappa shape index (κ3) is 7.94. The Bertz CT molecular complexity index is 1640. The number of carbonyl (C=O) groups excluding carboxylic acids is 2. The zero-order valence-corrected chi connectivity index (χ0v) is 26.6. The number of rotatable bonds is 13. The molecule has 0 saturated carbocycles. The molecule has 7 nitrogen and oxygen atoms in total. The summed E-state index contributed by atoms with van der Waals surface area (Å²) in [7, 11) is -4.13. The van der Waals surface area contributed by atoms with E-state index < -0.39 is 28.5 Å². The zero-order valence-electron chi connectivity index (χ0n) is 25.8. The van der Waals surface area contributed by atoms with Crippen LogP contribution >= 0.6 is 0 Å². The second-order valence-corrected chi connectivity index (χ2v) is 13.0. The predicted octanol–water partition coefficient (Wildman–Crippen LogP) is 6.09. The molecule has 0 radical (unpaired) electrons. The van der Waals surface area contributed by atoms with Crippen molar-refractivity contribution in [3.05, 3.63) is 131 Å². The van der Waals surface area contributed by atoms with Gasteiger partial charge >= 0.3 is 0 Å². The molecule has 44 heavy (non-hydrogen) atoms. The maximum absolute atomic E-state index is 14.5. The van der Waals surface area contributed by atoms with Crippen LogP contribution in [0, 0.1) is 6.92 Å². The van der Waals surface area contributed by atoms with Gasteiger partial charge in [-0.05, 0) is 66.3 Å². The number of likely N-dealkylation sites (N-methyl/N-ethyl adjacent to an activating group) is 1. The monoisotopic (exact) mass is 611 g/mol. The lowest BCUT2D eigenvalue weighted by Crippen LogP contribution is -2.53. The molecule has 0 bridgehead atoms. The Morgan fingerprint density at radius 3 is 1.98 bits per heavy atom. The average molecular weight is 612 g/mol. The summed E-state index contributed by atoms with van der Waals surface area (Å²) in [6, 6.07) is 31.7. The van der Waals surface area contributed by atoms with Gasteiger partial charge in [0.2, 0.25) is 11.8 Å². The Morgan fingerprint density at radius 1 is 0.795 bits per heavy atom. The molecule has 0 saturated heterocycles. The van der Waals surface area contributed by atoms with E-state index in [1.807, 2.05) is 80.6 Å². The molecule has 2 amide bonds. The molecule has 4 aromatic rings. The number of benzene rings is 4. The summed E-state index contributed by atoms with van der Waals surface area (Å²) in [5.74, 6) is -0.518. The maximum atomic E-state index is 14.5. The minimum absolute atomic E-state index is 0.0794. The van der Waals surface area contributed by atoms with Crippen LogP contribution in [0.15, 0.2) is 114 Å². The minimum atomic E-state index is -4.13. The van der Waals surface area contributed by atoms with E-state index in [1.165, 1.54) is 17.0 Å². The average Bonchev–Trinajstić information content (AvgIpc) is 3.03. The molecule has 8 heteroatoms. The Hall–Kier alpha value is -4.43. The highest BCUT2D eigenvalue weighted by Gasteiger charge is 2.34. The molecule has 1 N–H and O–H groups in total. The summed E-state index contributed by atoms with van der Waals surface area (Å²) in [6.07, 6.45) is 0.277. The smallest absolute Gasteiger partial charge is 0.264 e. The van der Waals surface area contributed by atoms with Crippen LogP contribution in [0.1, 0.15) is 48.9 Å². The number of sulfonamides is 1. The van der Waals surface area contributed by atoms with E-state index in [0.29, 0.717) is 12.2 Å². The molecule has 0 heterocycles. The van der Waals surface area contributed by atoms with Crippen molar-refractivity contribution in [2.45, 2.75) is 57.5 Å². The Kier molecular flexibility index (Phi) is 11.0. The van der Waals surface area contributed by atoms with Crippen LogP contribution in [0.3, 0.4) is 0 Å². The van der Waals surface area contributed by atoms with Gasteiger partial charge in [-0.2, -0.15) is 0 Å². The maximum Gasteiger partial charge on any atom is 0.264 e. The SMILES string of the molecule is CCNC(=O)[C@@H](Cc1ccccc1)N(Cc1ccccc1C)C(=O)CN(c1ccc(C(C)C)cc1)S(=O)(=O)c1ccccc1. The van der Waals surface area contributed by atoms with Gasteiger partial charge in [-0.25, -0.2) is 8.42 Å². The van der Waals surface area contributed by atoms with Crippen molar-refractivity contribution in [2.24, 2.45) is 0 Å². The van der Waals surface area contributed by atoms with E-state index in [4.69, 9.17) is 0 Å². The molecular formula is C36H41N3O4S. The first-order valence-corrected chi connectivity index (χ1v) is 16.4. The van der Waals surface area contributed by atoms with Crippen LogP contribution in [-0.4, -0.2) is 44.3 Å². The number of amides is 2. The van der Waals surface area contributed by atoms with Crippen molar-refractivity contribution in [1.29, 1.82) is 0 Å². The van der Waals surface area contributed by atoms with Crippen molar-refractivity contribution < 1.29 is 18.0 Å². The van der Waals surface area contributed by atoms with Crippen LogP contribution in [0.2, 0.25) is 0 Å². The van der Waals surface area contributed by atoms with Gasteiger partial charge in [-0.15, -0.1) is 0 Å². The second-order valence-electron chi connectivity index (χ2n) is 11.1. The lowest BCUT2D eigenvalue weighted by Gasteiger charge is -2.34. The Labute approximate surface area is 261 Å². The van der Waals surface area contributed by atoms with E-state index in [-0.39, 0.29) is 29.7 Å². The highest BCUT2D eigenvalue weighted by atomic mass is 32.2. The van der Waals surface area contributed by atoms with Gasteiger partial charge in [-0.1, -0.05) is 98.8 Å². The summed E-state index contributed by atoms with van der Waals surface area (Å²) in [5.41, 5.74) is 4.17. The van der Waals surface area contributed by atoms with Crippen LogP contribution in [0.25, 0.3) is 0 Å². The van der Waals surface area contributed by atoms with Gasteiger partial charge < -0.3 is 10.2 Å². The Morgan fingerprint density at radius 2 is 1.39 bits per heavy atom. The van der Waals surface area contributed by atoms with E-state index in [0.717, 1.165) is 26.6 Å². The highest BCUT2D eigenvalue weighted by molar-refractivity contribution is 7.92. The lowest BCUT2D eigenvalue weighted by atomic mass is 10.0. The van der Waals surface area contributed by atoms with Crippen molar-refractivity contribution in [3.63, 3.8) is 0 Å². The number of carbonyl (C=O) groups is 2. The largest absolute Gasteiger partial charge is 0.355 e. The van der Waals surface area contributed by atoms with E-state index in [1.54, 1.807) is 30.3 Å². The summed E-state index contributed by atoms with van der Waals surface area (Å²) in [6.45, 7) is 7.98. The van der Waals surface area contributed by atoms with E-state index in [2.05, 4.69) is 19.2 Å². The summed E-state index contributed by atoms with van der Waals surface area (Å²) >= 11 is 0. The Balaban J connectivity index is 1.80. The van der Waals surface area contributed by atoms with Crippen LogP contribution in [0.5, 0.6) is 0 Å². The van der Waals surface area contributed by atoms with Gasteiger partial charge in [0, 0.05) is 19.5 Å². The predicted molar refractivity (Wildman–Crippen MR) is 176 cm³/mol. The number of aryl methyl sites for hydroxylation is 1. The fourth-order valence-corrected chi connectivity index (χ4v) is 6.53. The fourth-order valence-electron chi connectivity index (χ4n) is 5.09. The van der Waals surface area contributed by atoms with Gasteiger partial charge in [0.05, 0.1) is 10.6 Å². The first kappa shape index (κ1) is 32.5. The van der Waals surface area contributed by atoms with E-state index in [9.17, 15) is 18.0 Å². The van der Waals surface area contributed by atoms with Gasteiger partial charge in [0.25, 0.3) is 10.0 Å². The minimum Gasteiger partial charge on any atom is -0.355 e. The molecule has 0 aliphatic carbocycles. The molecular weight excluding hydrogens is 570 g/mol. The van der Waals surface area contributed by atoms with Crippen molar-refractivity contribution in [3.8, 4) is 0 Å². The normalized spacial score (nSPS) is 12.0. The van der Waals surface area contributed by atoms with Crippen LogP contribution in [-0.2, 0) is 32.6 Å². The van der Waals surface area contributed by atoms with Gasteiger partial charge in [0.1, 0.15) is 12.6 Å². The number of hydrogen-bond acceptors (Lipinski definition) is 4. The van der Waals surface area contributed by atoms with Crippen molar-refractivity contribution in [1.82, 2.24) is 10.2 Å². The molecule has 230 valence electrons. The number of hydrogen-bond donors (Lipinski definition) is 1. The molecule has 4 rings (SSSR count). The first-order valence-electron chi connectivity index (χ1n) is 14.9. The number of nitrogens with one attached hydrogen (secondary N) is 1. The van der Waals surface area contributed by atoms with Crippen molar-refractivity contribution >= 4 is 27.5 Å². The molecule has 4 aromatic carbocycles.